The zero-order chi connectivity index (χ0) is 15.9. The highest BCUT2D eigenvalue weighted by atomic mass is 16.2. The number of nitrogens with zero attached hydrogens (tertiary/aromatic N) is 3. The van der Waals surface area contributed by atoms with Crippen LogP contribution in [0.2, 0.25) is 0 Å². The summed E-state index contributed by atoms with van der Waals surface area (Å²) >= 11 is 0. The first kappa shape index (κ1) is 15.5. The highest BCUT2D eigenvalue weighted by molar-refractivity contribution is 5.92. The molecule has 1 amide bonds. The molecule has 0 saturated carbocycles. The van der Waals surface area contributed by atoms with Crippen LogP contribution in [0.15, 0.2) is 42.6 Å². The molecule has 5 nitrogen and oxygen atoms in total. The van der Waals surface area contributed by atoms with Crippen LogP contribution in [-0.4, -0.2) is 40.4 Å². The lowest BCUT2D eigenvalue weighted by molar-refractivity contribution is 0.0718. The van der Waals surface area contributed by atoms with Crippen molar-refractivity contribution >= 4 is 11.9 Å². The van der Waals surface area contributed by atoms with Crippen molar-refractivity contribution in [3.8, 4) is 0 Å². The monoisotopic (exact) mass is 310 g/mol. The van der Waals surface area contributed by atoms with Gasteiger partial charge in [-0.2, -0.15) is 0 Å². The summed E-state index contributed by atoms with van der Waals surface area (Å²) < 4.78 is 0. The van der Waals surface area contributed by atoms with E-state index in [1.165, 1.54) is 12.0 Å². The molecule has 1 aromatic carbocycles. The summed E-state index contributed by atoms with van der Waals surface area (Å²) in [4.78, 5) is 22.9. The molecule has 3 rings (SSSR count). The Kier molecular flexibility index (Phi) is 5.19. The molecule has 0 bridgehead atoms. The fraction of sp³-hybridized carbons (Fsp3) is 0.389. The van der Waals surface area contributed by atoms with E-state index in [1.54, 1.807) is 12.3 Å². The van der Waals surface area contributed by atoms with Crippen LogP contribution < -0.4 is 5.32 Å². The van der Waals surface area contributed by atoms with Crippen LogP contribution >= 0.6 is 0 Å². The topological polar surface area (TPSA) is 58.1 Å². The van der Waals surface area contributed by atoms with E-state index >= 15 is 0 Å². The van der Waals surface area contributed by atoms with Gasteiger partial charge in [-0.15, -0.1) is 0 Å². The van der Waals surface area contributed by atoms with E-state index < -0.39 is 0 Å². The van der Waals surface area contributed by atoms with Gasteiger partial charge in [0.2, 0.25) is 5.95 Å². The molecule has 5 heteroatoms. The van der Waals surface area contributed by atoms with Gasteiger partial charge >= 0.3 is 0 Å². The molecule has 2 aromatic rings. The number of likely N-dealkylation sites (tertiary alicyclic amines) is 1. The minimum Gasteiger partial charge on any atom is -0.354 e. The van der Waals surface area contributed by atoms with E-state index in [0.29, 0.717) is 11.6 Å². The Hall–Kier alpha value is -2.43. The van der Waals surface area contributed by atoms with Gasteiger partial charge < -0.3 is 10.2 Å². The number of carbonyl (C=O) groups excluding carboxylic acids is 1. The number of anilines is 1. The average molecular weight is 310 g/mol. The summed E-state index contributed by atoms with van der Waals surface area (Å²) in [5.41, 5.74) is 1.74. The standard InChI is InChI=1S/C18H22N4O/c23-17(22-13-5-2-6-14-22)16-10-12-20-18(21-16)19-11-9-15-7-3-1-4-8-15/h1,3-4,7-8,10,12H,2,5-6,9,11,13-14H2,(H,19,20,21). The van der Waals surface area contributed by atoms with Gasteiger partial charge in [-0.25, -0.2) is 9.97 Å². The first-order chi connectivity index (χ1) is 11.3. The number of aromatic nitrogens is 2. The van der Waals surface area contributed by atoms with Crippen molar-refractivity contribution in [2.45, 2.75) is 25.7 Å². The van der Waals surface area contributed by atoms with E-state index in [4.69, 9.17) is 0 Å². The molecule has 0 spiro atoms. The average Bonchev–Trinajstić information content (AvgIpc) is 2.63. The number of hydrogen-bond acceptors (Lipinski definition) is 4. The zero-order valence-electron chi connectivity index (χ0n) is 13.2. The number of benzene rings is 1. The lowest BCUT2D eigenvalue weighted by Gasteiger charge is -2.26. The third-order valence-electron chi connectivity index (χ3n) is 4.06. The molecule has 1 saturated heterocycles. The summed E-state index contributed by atoms with van der Waals surface area (Å²) in [5, 5.41) is 3.20. The molecule has 0 radical (unpaired) electrons. The SMILES string of the molecule is O=C(c1ccnc(NCCc2ccccc2)n1)N1CCCCC1. The Balaban J connectivity index is 1.57. The summed E-state index contributed by atoms with van der Waals surface area (Å²) in [6.45, 7) is 2.41. The van der Waals surface area contributed by atoms with E-state index in [9.17, 15) is 4.79 Å². The number of hydrogen-bond donors (Lipinski definition) is 1. The summed E-state index contributed by atoms with van der Waals surface area (Å²) in [6.07, 6.45) is 5.92. The van der Waals surface area contributed by atoms with Gasteiger partial charge in [0, 0.05) is 25.8 Å². The second kappa shape index (κ2) is 7.72. The lowest BCUT2D eigenvalue weighted by Crippen LogP contribution is -2.36. The predicted octanol–water partition coefficient (Wildman–Crippen LogP) is 2.76. The van der Waals surface area contributed by atoms with Crippen LogP contribution in [0.3, 0.4) is 0 Å². The maximum atomic E-state index is 12.5. The second-order valence-corrected chi connectivity index (χ2v) is 5.78. The molecule has 1 N–H and O–H groups in total. The van der Waals surface area contributed by atoms with Crippen molar-refractivity contribution < 1.29 is 4.79 Å². The maximum absolute atomic E-state index is 12.5. The smallest absolute Gasteiger partial charge is 0.272 e. The van der Waals surface area contributed by atoms with Crippen LogP contribution in [0, 0.1) is 0 Å². The molecule has 0 aliphatic carbocycles. The summed E-state index contributed by atoms with van der Waals surface area (Å²) in [6, 6.07) is 12.0. The highest BCUT2D eigenvalue weighted by Gasteiger charge is 2.19. The Morgan fingerprint density at radius 3 is 2.65 bits per heavy atom. The maximum Gasteiger partial charge on any atom is 0.272 e. The minimum absolute atomic E-state index is 0.0122. The molecule has 1 fully saturated rings. The molecule has 2 heterocycles. The molecule has 1 aromatic heterocycles. The van der Waals surface area contributed by atoms with Crippen molar-refractivity contribution in [2.24, 2.45) is 0 Å². The Morgan fingerprint density at radius 1 is 1.09 bits per heavy atom. The fourth-order valence-corrected chi connectivity index (χ4v) is 2.79. The molecular weight excluding hydrogens is 288 g/mol. The number of carbonyl (C=O) groups is 1. The number of nitrogens with one attached hydrogen (secondary N) is 1. The van der Waals surface area contributed by atoms with Crippen molar-refractivity contribution in [3.05, 3.63) is 53.9 Å². The largest absolute Gasteiger partial charge is 0.354 e. The van der Waals surface area contributed by atoms with Gasteiger partial charge in [-0.1, -0.05) is 30.3 Å². The van der Waals surface area contributed by atoms with Crippen molar-refractivity contribution in [1.82, 2.24) is 14.9 Å². The molecule has 0 unspecified atom stereocenters. The Morgan fingerprint density at radius 2 is 1.87 bits per heavy atom. The van der Waals surface area contributed by atoms with Crippen molar-refractivity contribution in [3.63, 3.8) is 0 Å². The molecule has 1 aliphatic rings. The van der Waals surface area contributed by atoms with Crippen molar-refractivity contribution in [1.29, 1.82) is 0 Å². The van der Waals surface area contributed by atoms with E-state index in [0.717, 1.165) is 38.9 Å². The van der Waals surface area contributed by atoms with E-state index in [-0.39, 0.29) is 5.91 Å². The molecule has 23 heavy (non-hydrogen) atoms. The predicted molar refractivity (Wildman–Crippen MR) is 90.4 cm³/mol. The number of amides is 1. The zero-order valence-corrected chi connectivity index (χ0v) is 13.2. The summed E-state index contributed by atoms with van der Waals surface area (Å²) in [5.74, 6) is 0.530. The molecule has 1 aliphatic heterocycles. The molecular formula is C18H22N4O. The summed E-state index contributed by atoms with van der Waals surface area (Å²) in [7, 11) is 0. The number of rotatable bonds is 5. The Labute approximate surface area is 136 Å². The molecule has 0 atom stereocenters. The van der Waals surface area contributed by atoms with Gasteiger partial charge in [0.1, 0.15) is 5.69 Å². The normalized spacial score (nSPS) is 14.5. The van der Waals surface area contributed by atoms with Crippen LogP contribution in [0.4, 0.5) is 5.95 Å². The van der Waals surface area contributed by atoms with Crippen LogP contribution in [0.5, 0.6) is 0 Å². The van der Waals surface area contributed by atoms with Crippen LogP contribution in [0.1, 0.15) is 35.3 Å². The Bertz CT molecular complexity index is 638. The van der Waals surface area contributed by atoms with Gasteiger partial charge in [-0.05, 0) is 37.3 Å². The third-order valence-corrected chi connectivity index (χ3v) is 4.06. The van der Waals surface area contributed by atoms with Gasteiger partial charge in [-0.3, -0.25) is 4.79 Å². The lowest BCUT2D eigenvalue weighted by atomic mass is 10.1. The highest BCUT2D eigenvalue weighted by Crippen LogP contribution is 2.12. The van der Waals surface area contributed by atoms with Gasteiger partial charge in [0.05, 0.1) is 0 Å². The van der Waals surface area contributed by atoms with Crippen LogP contribution in [0.25, 0.3) is 0 Å². The first-order valence-electron chi connectivity index (χ1n) is 8.23. The first-order valence-corrected chi connectivity index (χ1v) is 8.23. The van der Waals surface area contributed by atoms with E-state index in [2.05, 4.69) is 27.4 Å². The fourth-order valence-electron chi connectivity index (χ4n) is 2.79. The molecule has 120 valence electrons. The van der Waals surface area contributed by atoms with E-state index in [1.807, 2.05) is 23.1 Å². The second-order valence-electron chi connectivity index (χ2n) is 5.78. The third kappa shape index (κ3) is 4.28. The quantitative estimate of drug-likeness (QED) is 0.922. The van der Waals surface area contributed by atoms with Crippen LogP contribution in [-0.2, 0) is 6.42 Å². The number of piperidine rings is 1. The van der Waals surface area contributed by atoms with Gasteiger partial charge in [0.15, 0.2) is 0 Å². The van der Waals surface area contributed by atoms with Crippen molar-refractivity contribution in [2.75, 3.05) is 25.0 Å². The minimum atomic E-state index is 0.0122. The van der Waals surface area contributed by atoms with Gasteiger partial charge in [0.25, 0.3) is 5.91 Å².